The number of rotatable bonds is 15. The minimum Gasteiger partial charge on any atom is -0.479 e. The lowest BCUT2D eigenvalue weighted by atomic mass is 10.2. The van der Waals surface area contributed by atoms with Crippen LogP contribution in [0.15, 0.2) is 72.9 Å². The van der Waals surface area contributed by atoms with E-state index < -0.39 is 12.1 Å². The predicted octanol–water partition coefficient (Wildman–Crippen LogP) is 6.02. The SMILES string of the molecule is CC/C=C\CC/C=C/C=C\C/C=C\C=C\CC/C=C\CC(OO)C(=O)O. The molecule has 0 saturated carbocycles. The second-order valence-electron chi connectivity index (χ2n) is 5.62. The summed E-state index contributed by atoms with van der Waals surface area (Å²) in [5.41, 5.74) is 0. The van der Waals surface area contributed by atoms with Crippen molar-refractivity contribution in [2.75, 3.05) is 0 Å². The Morgan fingerprint density at radius 3 is 1.81 bits per heavy atom. The molecule has 1 unspecified atom stereocenters. The molecule has 0 heterocycles. The molecule has 0 rings (SSSR count). The van der Waals surface area contributed by atoms with Crippen molar-refractivity contribution in [1.29, 1.82) is 0 Å². The average molecular weight is 360 g/mol. The lowest BCUT2D eigenvalue weighted by Crippen LogP contribution is -2.21. The number of carbonyl (C=O) groups is 1. The van der Waals surface area contributed by atoms with Crippen LogP contribution in [0.5, 0.6) is 0 Å². The Labute approximate surface area is 157 Å². The fourth-order valence-corrected chi connectivity index (χ4v) is 1.94. The van der Waals surface area contributed by atoms with Crippen molar-refractivity contribution in [3.63, 3.8) is 0 Å². The first-order valence-electron chi connectivity index (χ1n) is 9.18. The number of carboxylic acid groups (broad SMARTS) is 1. The molecule has 4 nitrogen and oxygen atoms in total. The highest BCUT2D eigenvalue weighted by Gasteiger charge is 2.15. The zero-order valence-electron chi connectivity index (χ0n) is 15.7. The van der Waals surface area contributed by atoms with Crippen LogP contribution >= 0.6 is 0 Å². The first-order chi connectivity index (χ1) is 12.7. The van der Waals surface area contributed by atoms with Gasteiger partial charge in [-0.05, 0) is 38.5 Å². The first kappa shape index (κ1) is 23.8. The number of allylic oxidation sites excluding steroid dienone is 11. The second-order valence-corrected chi connectivity index (χ2v) is 5.62. The lowest BCUT2D eigenvalue weighted by molar-refractivity contribution is -0.275. The van der Waals surface area contributed by atoms with Crippen LogP contribution in [0.2, 0.25) is 0 Å². The highest BCUT2D eigenvalue weighted by atomic mass is 17.1. The smallest absolute Gasteiger partial charge is 0.336 e. The van der Waals surface area contributed by atoms with Crippen LogP contribution in [0, 0.1) is 0 Å². The van der Waals surface area contributed by atoms with E-state index in [9.17, 15) is 4.79 Å². The third kappa shape index (κ3) is 16.7. The minimum absolute atomic E-state index is 0.158. The third-order valence-corrected chi connectivity index (χ3v) is 3.36. The van der Waals surface area contributed by atoms with Crippen LogP contribution in [0.4, 0.5) is 0 Å². The fraction of sp³-hybridized carbons (Fsp3) is 0.409. The van der Waals surface area contributed by atoms with Gasteiger partial charge in [0.25, 0.3) is 0 Å². The van der Waals surface area contributed by atoms with Crippen LogP contribution in [-0.2, 0) is 9.68 Å². The van der Waals surface area contributed by atoms with E-state index in [1.807, 2.05) is 18.2 Å². The van der Waals surface area contributed by atoms with Crippen molar-refractivity contribution < 1.29 is 20.0 Å². The Kier molecular flexibility index (Phi) is 17.6. The topological polar surface area (TPSA) is 66.8 Å². The van der Waals surface area contributed by atoms with Gasteiger partial charge in [0.1, 0.15) is 0 Å². The fourth-order valence-electron chi connectivity index (χ4n) is 1.94. The van der Waals surface area contributed by atoms with Crippen molar-refractivity contribution in [2.24, 2.45) is 0 Å². The maximum Gasteiger partial charge on any atom is 0.336 e. The number of aliphatic carboxylic acids is 1. The molecule has 0 aromatic carbocycles. The van der Waals surface area contributed by atoms with Crippen molar-refractivity contribution >= 4 is 5.97 Å². The molecule has 1 atom stereocenters. The maximum atomic E-state index is 10.6. The van der Waals surface area contributed by atoms with E-state index in [0.717, 1.165) is 38.5 Å². The predicted molar refractivity (Wildman–Crippen MR) is 108 cm³/mol. The molecule has 26 heavy (non-hydrogen) atoms. The number of hydrogen-bond acceptors (Lipinski definition) is 3. The van der Waals surface area contributed by atoms with Gasteiger partial charge in [0.15, 0.2) is 6.10 Å². The molecule has 2 N–H and O–H groups in total. The van der Waals surface area contributed by atoms with Crippen LogP contribution in [0.3, 0.4) is 0 Å². The van der Waals surface area contributed by atoms with Crippen LogP contribution < -0.4 is 0 Å². The van der Waals surface area contributed by atoms with Crippen molar-refractivity contribution in [2.45, 2.75) is 58.0 Å². The second kappa shape index (κ2) is 19.2. The third-order valence-electron chi connectivity index (χ3n) is 3.36. The Morgan fingerprint density at radius 1 is 0.808 bits per heavy atom. The van der Waals surface area contributed by atoms with E-state index in [1.165, 1.54) is 0 Å². The summed E-state index contributed by atoms with van der Waals surface area (Å²) >= 11 is 0. The van der Waals surface area contributed by atoms with Gasteiger partial charge >= 0.3 is 5.97 Å². The van der Waals surface area contributed by atoms with E-state index in [2.05, 4.69) is 60.4 Å². The number of hydrogen-bond donors (Lipinski definition) is 2. The van der Waals surface area contributed by atoms with Gasteiger partial charge in [0.05, 0.1) is 0 Å². The molecule has 0 aliphatic rings. The van der Waals surface area contributed by atoms with E-state index in [1.54, 1.807) is 6.08 Å². The summed E-state index contributed by atoms with van der Waals surface area (Å²) in [5.74, 6) is -1.17. The standard InChI is InChI=1S/C22H32O4/c1-2-3-4-5-6-7-8-9-10-11-12-13-14-15-16-17-18-19-20-21(26-25)22(23)24/h3-4,7-10,12-15,18-19,21,25H,2,5-6,11,16-17,20H2,1H3,(H,23,24)/b4-3-,8-7+,10-9-,13-12-,15-14+,19-18-. The maximum absolute atomic E-state index is 10.6. The van der Waals surface area contributed by atoms with Gasteiger partial charge in [0.2, 0.25) is 0 Å². The Balaban J connectivity index is 3.67. The molecule has 0 aliphatic heterocycles. The molecule has 0 amide bonds. The molecule has 0 bridgehead atoms. The van der Waals surface area contributed by atoms with Gasteiger partial charge in [-0.2, -0.15) is 0 Å². The summed E-state index contributed by atoms with van der Waals surface area (Å²) in [7, 11) is 0. The monoisotopic (exact) mass is 360 g/mol. The Morgan fingerprint density at radius 2 is 1.31 bits per heavy atom. The zero-order chi connectivity index (χ0) is 19.3. The van der Waals surface area contributed by atoms with Crippen LogP contribution in [0.1, 0.15) is 51.9 Å². The normalized spacial score (nSPS) is 14.2. The largest absolute Gasteiger partial charge is 0.479 e. The van der Waals surface area contributed by atoms with Gasteiger partial charge in [-0.25, -0.2) is 9.68 Å². The Bertz CT molecular complexity index is 510. The molecule has 0 saturated heterocycles. The molecular formula is C22H32O4. The lowest BCUT2D eigenvalue weighted by Gasteiger charge is -2.03. The average Bonchev–Trinajstić information content (AvgIpc) is 2.63. The van der Waals surface area contributed by atoms with Crippen LogP contribution in [-0.4, -0.2) is 22.4 Å². The summed E-state index contributed by atoms with van der Waals surface area (Å²) in [5, 5.41) is 17.1. The highest BCUT2D eigenvalue weighted by Crippen LogP contribution is 2.01. The van der Waals surface area contributed by atoms with E-state index in [-0.39, 0.29) is 6.42 Å². The molecule has 0 radical (unpaired) electrons. The Hall–Kier alpha value is -2.17. The van der Waals surface area contributed by atoms with E-state index in [4.69, 9.17) is 10.4 Å². The van der Waals surface area contributed by atoms with Crippen molar-refractivity contribution in [3.8, 4) is 0 Å². The summed E-state index contributed by atoms with van der Waals surface area (Å²) in [4.78, 5) is 14.5. The molecule has 144 valence electrons. The van der Waals surface area contributed by atoms with Gasteiger partial charge in [-0.15, -0.1) is 0 Å². The van der Waals surface area contributed by atoms with E-state index in [0.29, 0.717) is 0 Å². The van der Waals surface area contributed by atoms with Gasteiger partial charge < -0.3 is 5.11 Å². The summed E-state index contributed by atoms with van der Waals surface area (Å²) in [6.45, 7) is 2.14. The molecule has 0 aromatic heterocycles. The summed E-state index contributed by atoms with van der Waals surface area (Å²) < 4.78 is 0. The first-order valence-corrected chi connectivity index (χ1v) is 9.18. The van der Waals surface area contributed by atoms with Crippen molar-refractivity contribution in [1.82, 2.24) is 0 Å². The highest BCUT2D eigenvalue weighted by molar-refractivity contribution is 5.72. The van der Waals surface area contributed by atoms with Gasteiger partial charge in [-0.1, -0.05) is 79.8 Å². The minimum atomic E-state index is -1.19. The summed E-state index contributed by atoms with van der Waals surface area (Å²) in [6, 6.07) is 0. The van der Waals surface area contributed by atoms with E-state index >= 15 is 0 Å². The van der Waals surface area contributed by atoms with Crippen molar-refractivity contribution in [3.05, 3.63) is 72.9 Å². The number of carboxylic acids is 1. The molecule has 4 heteroatoms. The molecular weight excluding hydrogens is 328 g/mol. The van der Waals surface area contributed by atoms with Crippen LogP contribution in [0.25, 0.3) is 0 Å². The number of unbranched alkanes of at least 4 members (excludes halogenated alkanes) is 2. The molecule has 0 fully saturated rings. The van der Waals surface area contributed by atoms with Gasteiger partial charge in [0, 0.05) is 6.42 Å². The molecule has 0 spiro atoms. The summed E-state index contributed by atoms with van der Waals surface area (Å²) in [6.07, 6.45) is 29.5. The molecule has 0 aromatic rings. The quantitative estimate of drug-likeness (QED) is 0.123. The van der Waals surface area contributed by atoms with Gasteiger partial charge in [-0.3, -0.25) is 5.26 Å². The zero-order valence-corrected chi connectivity index (χ0v) is 15.7. The molecule has 0 aliphatic carbocycles.